The summed E-state index contributed by atoms with van der Waals surface area (Å²) in [5, 5.41) is 0.446. The third-order valence-corrected chi connectivity index (χ3v) is 3.60. The molecular weight excluding hydrogens is 347 g/mol. The average molecular weight is 354 g/mol. The Hall–Kier alpha value is -2.24. The predicted molar refractivity (Wildman–Crippen MR) is 83.4 cm³/mol. The molecule has 116 valence electrons. The van der Waals surface area contributed by atoms with Crippen LogP contribution >= 0.6 is 23.2 Å². The highest BCUT2D eigenvalue weighted by Crippen LogP contribution is 2.26. The third-order valence-electron chi connectivity index (χ3n) is 3.03. The minimum absolute atomic E-state index is 0.00146. The Morgan fingerprint density at radius 3 is 2.39 bits per heavy atom. The molecule has 1 heterocycles. The summed E-state index contributed by atoms with van der Waals surface area (Å²) in [4.78, 5) is 15.8. The Labute approximate surface area is 139 Å². The predicted octanol–water partition coefficient (Wildman–Crippen LogP) is 4.62. The van der Waals surface area contributed by atoms with Gasteiger partial charge in [0, 0.05) is 5.02 Å². The van der Waals surface area contributed by atoms with E-state index in [4.69, 9.17) is 27.9 Å². The molecule has 0 aliphatic carbocycles. The Morgan fingerprint density at radius 1 is 1.04 bits per heavy atom. The van der Waals surface area contributed by atoms with Crippen molar-refractivity contribution in [3.8, 4) is 0 Å². The van der Waals surface area contributed by atoms with E-state index in [-0.39, 0.29) is 22.2 Å². The van der Waals surface area contributed by atoms with Gasteiger partial charge in [-0.25, -0.2) is 18.6 Å². The second-order valence-electron chi connectivity index (χ2n) is 4.63. The van der Waals surface area contributed by atoms with Gasteiger partial charge >= 0.3 is 5.97 Å². The summed E-state index contributed by atoms with van der Waals surface area (Å²) < 4.78 is 31.4. The molecule has 2 aromatic carbocycles. The summed E-state index contributed by atoms with van der Waals surface area (Å²) in [7, 11) is 0. The smallest absolute Gasteiger partial charge is 0.363 e. The van der Waals surface area contributed by atoms with Crippen LogP contribution in [0.15, 0.2) is 47.1 Å². The Morgan fingerprint density at radius 2 is 1.70 bits per heavy atom. The zero-order valence-electron chi connectivity index (χ0n) is 11.3. The van der Waals surface area contributed by atoms with Crippen molar-refractivity contribution in [2.24, 2.45) is 4.99 Å². The summed E-state index contributed by atoms with van der Waals surface area (Å²) in [5.74, 6) is -3.10. The molecule has 0 fully saturated rings. The first kappa shape index (κ1) is 15.6. The second-order valence-corrected chi connectivity index (χ2v) is 5.48. The van der Waals surface area contributed by atoms with Crippen LogP contribution in [0.2, 0.25) is 10.0 Å². The first-order valence-corrected chi connectivity index (χ1v) is 7.12. The molecule has 0 saturated heterocycles. The van der Waals surface area contributed by atoms with E-state index in [0.717, 1.165) is 12.1 Å². The Kier molecular flexibility index (Phi) is 4.15. The van der Waals surface area contributed by atoms with Gasteiger partial charge in [0.25, 0.3) is 0 Å². The maximum absolute atomic E-state index is 13.3. The number of benzene rings is 2. The highest BCUT2D eigenvalue weighted by molar-refractivity contribution is 6.34. The van der Waals surface area contributed by atoms with E-state index in [1.165, 1.54) is 6.08 Å². The number of rotatable bonds is 2. The van der Waals surface area contributed by atoms with Crippen molar-refractivity contribution in [2.75, 3.05) is 0 Å². The van der Waals surface area contributed by atoms with Gasteiger partial charge in [0.05, 0.1) is 10.6 Å². The summed E-state index contributed by atoms with van der Waals surface area (Å²) in [6, 6.07) is 8.33. The van der Waals surface area contributed by atoms with Gasteiger partial charge in [0.2, 0.25) is 5.90 Å². The first-order valence-electron chi connectivity index (χ1n) is 6.37. The molecule has 0 spiro atoms. The van der Waals surface area contributed by atoms with E-state index in [0.29, 0.717) is 10.6 Å². The van der Waals surface area contributed by atoms with Crippen molar-refractivity contribution in [2.45, 2.75) is 0 Å². The Balaban J connectivity index is 1.98. The molecule has 7 heteroatoms. The molecule has 3 nitrogen and oxygen atoms in total. The fourth-order valence-corrected chi connectivity index (χ4v) is 2.28. The molecule has 0 saturated carbocycles. The molecule has 0 amide bonds. The lowest BCUT2D eigenvalue weighted by Crippen LogP contribution is -2.07. The molecule has 0 atom stereocenters. The minimum Gasteiger partial charge on any atom is -0.402 e. The van der Waals surface area contributed by atoms with Crippen LogP contribution in [0.3, 0.4) is 0 Å². The molecule has 23 heavy (non-hydrogen) atoms. The number of ether oxygens (including phenoxy) is 1. The summed E-state index contributed by atoms with van der Waals surface area (Å²) in [6.07, 6.45) is 1.49. The number of hydrogen-bond acceptors (Lipinski definition) is 3. The molecule has 0 unspecified atom stereocenters. The fourth-order valence-electron chi connectivity index (χ4n) is 1.93. The van der Waals surface area contributed by atoms with Crippen molar-refractivity contribution in [1.29, 1.82) is 0 Å². The van der Waals surface area contributed by atoms with E-state index in [1.54, 1.807) is 24.3 Å². The normalized spacial score (nSPS) is 15.7. The van der Waals surface area contributed by atoms with Gasteiger partial charge in [-0.2, -0.15) is 0 Å². The van der Waals surface area contributed by atoms with Gasteiger partial charge in [0.15, 0.2) is 17.3 Å². The van der Waals surface area contributed by atoms with Crippen LogP contribution in [0, 0.1) is 11.6 Å². The highest BCUT2D eigenvalue weighted by atomic mass is 35.5. The van der Waals surface area contributed by atoms with Crippen molar-refractivity contribution in [3.63, 3.8) is 0 Å². The van der Waals surface area contributed by atoms with Crippen LogP contribution in [0.5, 0.6) is 0 Å². The van der Waals surface area contributed by atoms with Crippen LogP contribution in [0.1, 0.15) is 11.1 Å². The van der Waals surface area contributed by atoms with Crippen molar-refractivity contribution in [1.82, 2.24) is 0 Å². The van der Waals surface area contributed by atoms with E-state index in [9.17, 15) is 13.6 Å². The molecule has 0 aromatic heterocycles. The molecule has 0 bridgehead atoms. The Bertz CT molecular complexity index is 861. The molecule has 2 aromatic rings. The zero-order chi connectivity index (χ0) is 16.6. The summed E-state index contributed by atoms with van der Waals surface area (Å²) >= 11 is 11.6. The van der Waals surface area contributed by atoms with Crippen LogP contribution in [-0.4, -0.2) is 11.9 Å². The SMILES string of the molecule is O=C1OC(c2cc(F)c(F)cc2Cl)=N/C1=C/c1ccc(Cl)cc1. The summed E-state index contributed by atoms with van der Waals surface area (Å²) in [6.45, 7) is 0. The van der Waals surface area contributed by atoms with Crippen molar-refractivity contribution >= 4 is 41.1 Å². The molecule has 0 radical (unpaired) electrons. The number of nitrogens with zero attached hydrogens (tertiary/aromatic N) is 1. The molecule has 0 N–H and O–H groups in total. The van der Waals surface area contributed by atoms with E-state index in [1.807, 2.05) is 0 Å². The van der Waals surface area contributed by atoms with E-state index in [2.05, 4.69) is 4.99 Å². The lowest BCUT2D eigenvalue weighted by atomic mass is 10.2. The van der Waals surface area contributed by atoms with Gasteiger partial charge in [-0.3, -0.25) is 0 Å². The van der Waals surface area contributed by atoms with Gasteiger partial charge in [-0.15, -0.1) is 0 Å². The lowest BCUT2D eigenvalue weighted by Gasteiger charge is -2.03. The average Bonchev–Trinajstić information content (AvgIpc) is 2.86. The minimum atomic E-state index is -1.11. The highest BCUT2D eigenvalue weighted by Gasteiger charge is 2.26. The standard InChI is InChI=1S/C16H7Cl2F2NO2/c17-9-3-1-8(2-4-9)5-14-16(22)23-15(21-14)10-6-12(19)13(20)7-11(10)18/h1-7H/b14-5+. The van der Waals surface area contributed by atoms with Gasteiger partial charge in [-0.05, 0) is 35.9 Å². The zero-order valence-corrected chi connectivity index (χ0v) is 12.8. The van der Waals surface area contributed by atoms with Crippen LogP contribution in [0.4, 0.5) is 8.78 Å². The van der Waals surface area contributed by atoms with Crippen molar-refractivity contribution < 1.29 is 18.3 Å². The summed E-state index contributed by atoms with van der Waals surface area (Å²) in [5.41, 5.74) is 0.698. The van der Waals surface area contributed by atoms with Gasteiger partial charge < -0.3 is 4.74 Å². The van der Waals surface area contributed by atoms with Gasteiger partial charge in [0.1, 0.15) is 0 Å². The molecule has 3 rings (SSSR count). The topological polar surface area (TPSA) is 38.7 Å². The van der Waals surface area contributed by atoms with E-state index < -0.39 is 17.6 Å². The number of hydrogen-bond donors (Lipinski definition) is 0. The number of carbonyl (C=O) groups excluding carboxylic acids is 1. The fraction of sp³-hybridized carbons (Fsp3) is 0. The largest absolute Gasteiger partial charge is 0.402 e. The van der Waals surface area contributed by atoms with Crippen LogP contribution < -0.4 is 0 Å². The number of aliphatic imine (C=N–C) groups is 1. The number of esters is 1. The number of cyclic esters (lactones) is 1. The van der Waals surface area contributed by atoms with Crippen molar-refractivity contribution in [3.05, 3.63) is 74.9 Å². The first-order chi connectivity index (χ1) is 10.9. The quantitative estimate of drug-likeness (QED) is 0.449. The van der Waals surface area contributed by atoms with Gasteiger partial charge in [-0.1, -0.05) is 35.3 Å². The maximum atomic E-state index is 13.3. The maximum Gasteiger partial charge on any atom is 0.363 e. The molecule has 1 aliphatic heterocycles. The van der Waals surface area contributed by atoms with E-state index >= 15 is 0 Å². The van der Waals surface area contributed by atoms with Crippen LogP contribution in [-0.2, 0) is 9.53 Å². The third kappa shape index (κ3) is 3.25. The number of carbonyl (C=O) groups is 1. The van der Waals surface area contributed by atoms with Crippen LogP contribution in [0.25, 0.3) is 6.08 Å². The molecular formula is C16H7Cl2F2NO2. The monoisotopic (exact) mass is 353 g/mol. The lowest BCUT2D eigenvalue weighted by molar-refractivity contribution is -0.129. The number of halogens is 4. The molecule has 1 aliphatic rings. The second kappa shape index (κ2) is 6.10.